The second-order valence-electron chi connectivity index (χ2n) is 3.36. The minimum atomic E-state index is -3.76. The topological polar surface area (TPSA) is 72.0 Å². The Morgan fingerprint density at radius 2 is 1.89 bits per heavy atom. The summed E-state index contributed by atoms with van der Waals surface area (Å²) < 4.78 is 26.3. The predicted molar refractivity (Wildman–Crippen MR) is 71.9 cm³/mol. The van der Waals surface area contributed by atoms with E-state index in [1.54, 1.807) is 6.92 Å². The monoisotopic (exact) mass is 323 g/mol. The van der Waals surface area contributed by atoms with Crippen LogP contribution in [0.4, 0.5) is 5.13 Å². The summed E-state index contributed by atoms with van der Waals surface area (Å²) >= 11 is 12.9. The van der Waals surface area contributed by atoms with Crippen LogP contribution in [-0.2, 0) is 10.0 Å². The molecule has 0 unspecified atom stereocenters. The molecule has 1 N–H and O–H groups in total. The van der Waals surface area contributed by atoms with Crippen LogP contribution in [0.5, 0.6) is 0 Å². The van der Waals surface area contributed by atoms with E-state index in [0.717, 1.165) is 11.3 Å². The SMILES string of the molecule is Cc1c(Cl)cc(S(=O)(=O)Nc2nncs2)cc1Cl. The molecule has 18 heavy (non-hydrogen) atoms. The zero-order valence-corrected chi connectivity index (χ0v) is 12.2. The molecule has 0 spiro atoms. The summed E-state index contributed by atoms with van der Waals surface area (Å²) in [7, 11) is -3.76. The molecule has 0 saturated carbocycles. The van der Waals surface area contributed by atoms with E-state index in [9.17, 15) is 8.42 Å². The van der Waals surface area contributed by atoms with Crippen LogP contribution >= 0.6 is 34.5 Å². The van der Waals surface area contributed by atoms with Gasteiger partial charge in [0.2, 0.25) is 5.13 Å². The smallest absolute Gasteiger partial charge is 0.253 e. The van der Waals surface area contributed by atoms with Crippen molar-refractivity contribution in [1.29, 1.82) is 0 Å². The number of hydrogen-bond acceptors (Lipinski definition) is 5. The molecule has 0 aliphatic rings. The molecule has 1 aromatic carbocycles. The number of sulfonamides is 1. The quantitative estimate of drug-likeness (QED) is 0.942. The Kier molecular flexibility index (Phi) is 3.76. The van der Waals surface area contributed by atoms with Gasteiger partial charge < -0.3 is 0 Å². The Hall–Kier alpha value is -0.890. The summed E-state index contributed by atoms with van der Waals surface area (Å²) in [6.07, 6.45) is 0. The van der Waals surface area contributed by atoms with Crippen molar-refractivity contribution in [2.24, 2.45) is 0 Å². The van der Waals surface area contributed by atoms with E-state index in [-0.39, 0.29) is 10.0 Å². The third-order valence-corrected chi connectivity index (χ3v) is 4.99. The average molecular weight is 324 g/mol. The van der Waals surface area contributed by atoms with Crippen LogP contribution in [0.2, 0.25) is 10.0 Å². The molecule has 0 aliphatic carbocycles. The molecule has 2 rings (SSSR count). The lowest BCUT2D eigenvalue weighted by Gasteiger charge is -2.08. The first-order valence-electron chi connectivity index (χ1n) is 4.65. The highest BCUT2D eigenvalue weighted by atomic mass is 35.5. The number of halogens is 2. The maximum atomic E-state index is 12.0. The van der Waals surface area contributed by atoms with Gasteiger partial charge >= 0.3 is 0 Å². The number of rotatable bonds is 3. The Bertz CT molecular complexity index is 648. The lowest BCUT2D eigenvalue weighted by atomic mass is 10.2. The third-order valence-electron chi connectivity index (χ3n) is 2.15. The van der Waals surface area contributed by atoms with Crippen molar-refractivity contribution >= 4 is 49.7 Å². The second kappa shape index (κ2) is 5.00. The van der Waals surface area contributed by atoms with Crippen LogP contribution in [0.3, 0.4) is 0 Å². The molecule has 2 aromatic rings. The predicted octanol–water partition coefficient (Wildman–Crippen LogP) is 2.95. The van der Waals surface area contributed by atoms with Crippen molar-refractivity contribution in [3.63, 3.8) is 0 Å². The van der Waals surface area contributed by atoms with Crippen molar-refractivity contribution in [2.75, 3.05) is 4.72 Å². The van der Waals surface area contributed by atoms with E-state index in [1.165, 1.54) is 17.6 Å². The van der Waals surface area contributed by atoms with Crippen LogP contribution in [0.25, 0.3) is 0 Å². The van der Waals surface area contributed by atoms with E-state index in [0.29, 0.717) is 15.6 Å². The molecular formula is C9H7Cl2N3O2S2. The summed E-state index contributed by atoms with van der Waals surface area (Å²) in [5.74, 6) is 0. The van der Waals surface area contributed by atoms with E-state index in [1.807, 2.05) is 0 Å². The molecule has 0 fully saturated rings. The van der Waals surface area contributed by atoms with Crippen LogP contribution in [0.15, 0.2) is 22.5 Å². The van der Waals surface area contributed by atoms with Crippen LogP contribution in [0.1, 0.15) is 5.56 Å². The molecule has 1 aromatic heterocycles. The van der Waals surface area contributed by atoms with Gasteiger partial charge in [0.1, 0.15) is 5.51 Å². The minimum Gasteiger partial charge on any atom is -0.253 e. The van der Waals surface area contributed by atoms with Gasteiger partial charge in [0, 0.05) is 10.0 Å². The van der Waals surface area contributed by atoms with E-state index in [2.05, 4.69) is 14.9 Å². The van der Waals surface area contributed by atoms with Gasteiger partial charge in [-0.15, -0.1) is 10.2 Å². The Labute approximate surface area is 118 Å². The molecule has 0 saturated heterocycles. The average Bonchev–Trinajstić information content (AvgIpc) is 2.77. The summed E-state index contributed by atoms with van der Waals surface area (Å²) in [4.78, 5) is -0.0155. The maximum absolute atomic E-state index is 12.0. The van der Waals surface area contributed by atoms with Crippen LogP contribution < -0.4 is 4.72 Å². The molecule has 1 heterocycles. The molecule has 0 amide bonds. The first-order chi connectivity index (χ1) is 8.40. The fourth-order valence-electron chi connectivity index (χ4n) is 1.17. The fraction of sp³-hybridized carbons (Fsp3) is 0.111. The van der Waals surface area contributed by atoms with Gasteiger partial charge in [0.05, 0.1) is 4.90 Å². The van der Waals surface area contributed by atoms with Gasteiger partial charge in [-0.05, 0) is 24.6 Å². The zero-order chi connectivity index (χ0) is 13.3. The number of nitrogens with zero attached hydrogens (tertiary/aromatic N) is 2. The molecule has 0 radical (unpaired) electrons. The highest BCUT2D eigenvalue weighted by Crippen LogP contribution is 2.28. The Morgan fingerprint density at radius 3 is 2.39 bits per heavy atom. The van der Waals surface area contributed by atoms with Crippen molar-refractivity contribution in [2.45, 2.75) is 11.8 Å². The van der Waals surface area contributed by atoms with E-state index < -0.39 is 10.0 Å². The van der Waals surface area contributed by atoms with Gasteiger partial charge in [-0.3, -0.25) is 4.72 Å². The lowest BCUT2D eigenvalue weighted by Crippen LogP contribution is -2.13. The first-order valence-corrected chi connectivity index (χ1v) is 7.76. The second-order valence-corrected chi connectivity index (χ2v) is 6.69. The van der Waals surface area contributed by atoms with Crippen molar-refractivity contribution in [3.8, 4) is 0 Å². The van der Waals surface area contributed by atoms with Crippen molar-refractivity contribution in [3.05, 3.63) is 33.3 Å². The van der Waals surface area contributed by atoms with E-state index >= 15 is 0 Å². The number of nitrogens with one attached hydrogen (secondary N) is 1. The fourth-order valence-corrected chi connectivity index (χ4v) is 3.53. The first kappa shape index (κ1) is 13.5. The van der Waals surface area contributed by atoms with Crippen LogP contribution in [-0.4, -0.2) is 18.6 Å². The molecular weight excluding hydrogens is 317 g/mol. The van der Waals surface area contributed by atoms with Gasteiger partial charge in [-0.2, -0.15) is 0 Å². The van der Waals surface area contributed by atoms with Gasteiger partial charge in [0.15, 0.2) is 0 Å². The molecule has 0 aliphatic heterocycles. The van der Waals surface area contributed by atoms with E-state index in [4.69, 9.17) is 23.2 Å². The highest BCUT2D eigenvalue weighted by molar-refractivity contribution is 7.93. The maximum Gasteiger partial charge on any atom is 0.263 e. The minimum absolute atomic E-state index is 0.0155. The summed E-state index contributed by atoms with van der Waals surface area (Å²) in [6.45, 7) is 1.71. The Balaban J connectivity index is 2.42. The molecule has 5 nitrogen and oxygen atoms in total. The lowest BCUT2D eigenvalue weighted by molar-refractivity contribution is 0.601. The van der Waals surface area contributed by atoms with Crippen LogP contribution in [0, 0.1) is 6.92 Å². The number of anilines is 1. The van der Waals surface area contributed by atoms with Gasteiger partial charge in [-0.1, -0.05) is 34.5 Å². The number of hydrogen-bond donors (Lipinski definition) is 1. The van der Waals surface area contributed by atoms with Gasteiger partial charge in [0.25, 0.3) is 10.0 Å². The molecule has 0 bridgehead atoms. The number of aromatic nitrogens is 2. The summed E-state index contributed by atoms with van der Waals surface area (Å²) in [5.41, 5.74) is 2.06. The highest BCUT2D eigenvalue weighted by Gasteiger charge is 2.18. The van der Waals surface area contributed by atoms with Crippen molar-refractivity contribution in [1.82, 2.24) is 10.2 Å². The number of benzene rings is 1. The van der Waals surface area contributed by atoms with Crippen molar-refractivity contribution < 1.29 is 8.42 Å². The third kappa shape index (κ3) is 2.74. The standard InChI is InChI=1S/C9H7Cl2N3O2S2/c1-5-7(10)2-6(3-8(5)11)18(15,16)14-9-13-12-4-17-9/h2-4H,1H3,(H,13,14). The van der Waals surface area contributed by atoms with Gasteiger partial charge in [-0.25, -0.2) is 8.42 Å². The molecule has 96 valence electrons. The molecule has 0 atom stereocenters. The summed E-state index contributed by atoms with van der Waals surface area (Å²) in [5, 5.41) is 7.91. The zero-order valence-electron chi connectivity index (χ0n) is 9.02. The summed E-state index contributed by atoms with van der Waals surface area (Å²) in [6, 6.07) is 2.68. The Morgan fingerprint density at radius 1 is 1.28 bits per heavy atom. The molecule has 9 heteroatoms. The largest absolute Gasteiger partial charge is 0.263 e. The normalized spacial score (nSPS) is 11.5.